The Morgan fingerprint density at radius 2 is 0.521 bits per heavy atom. The third-order valence-electron chi connectivity index (χ3n) is 27.3. The molecule has 2 heterocycles. The molecule has 20 aromatic rings. The van der Waals surface area contributed by atoms with Crippen molar-refractivity contribution in [1.82, 2.24) is 0 Å². The highest BCUT2D eigenvalue weighted by Gasteiger charge is 2.54. The molecule has 0 aliphatic heterocycles. The molecule has 18 aromatic carbocycles. The Bertz CT molecular complexity index is 7590. The van der Waals surface area contributed by atoms with Gasteiger partial charge in [-0.2, -0.15) is 0 Å². The third kappa shape index (κ3) is 10.5. The van der Waals surface area contributed by atoms with Gasteiger partial charge in [0, 0.05) is 84.6 Å². The summed E-state index contributed by atoms with van der Waals surface area (Å²) in [5, 5.41) is 9.81. The highest BCUT2D eigenvalue weighted by molar-refractivity contribution is 7.26. The minimum absolute atomic E-state index is 0.0160. The lowest BCUT2D eigenvalue weighted by atomic mass is 9.70. The van der Waals surface area contributed by atoms with Crippen molar-refractivity contribution < 1.29 is 0 Å². The van der Waals surface area contributed by atoms with Gasteiger partial charge in [-0.25, -0.2) is 0 Å². The number of thiophene rings is 2. The maximum atomic E-state index is 6.05. The number of hydrogen-bond donors (Lipinski definition) is 1. The molecule has 5 heteroatoms. The molecule has 572 valence electrons. The maximum absolute atomic E-state index is 6.05. The van der Waals surface area contributed by atoms with Gasteiger partial charge in [0.15, 0.2) is 0 Å². The maximum Gasteiger partial charge on any atom is 0.0726 e. The van der Waals surface area contributed by atoms with E-state index < -0.39 is 5.41 Å². The largest absolute Gasteiger partial charge is 0.355 e. The first kappa shape index (κ1) is 71.4. The Hall–Kier alpha value is -13.7. The Morgan fingerprint density at radius 3 is 0.975 bits per heavy atom. The summed E-state index contributed by atoms with van der Waals surface area (Å²) < 4.78 is 5.25. The van der Waals surface area contributed by atoms with Crippen molar-refractivity contribution in [2.75, 3.05) is 10.2 Å². The average Bonchev–Trinajstić information content (AvgIpc) is 1.51. The third-order valence-corrected chi connectivity index (χ3v) is 29.8. The number of rotatable bonds is 7. The molecule has 0 amide bonds. The van der Waals surface area contributed by atoms with Crippen LogP contribution < -0.4 is 10.2 Å². The Kier molecular flexibility index (Phi) is 16.0. The lowest BCUT2D eigenvalue weighted by Crippen LogP contribution is -2.26. The first-order valence-corrected chi connectivity index (χ1v) is 44.0. The van der Waals surface area contributed by atoms with E-state index in [1.165, 1.54) is 196 Å². The quantitative estimate of drug-likeness (QED) is 0.171. The molecule has 1 N–H and O–H groups in total. The van der Waals surface area contributed by atoms with Crippen molar-refractivity contribution >= 4 is 103 Å². The zero-order chi connectivity index (χ0) is 80.6. The molecule has 2 aromatic heterocycles. The second-order valence-electron chi connectivity index (χ2n) is 34.2. The van der Waals surface area contributed by atoms with Crippen molar-refractivity contribution in [3.8, 4) is 89.0 Å². The summed E-state index contributed by atoms with van der Waals surface area (Å²) in [5.41, 5.74) is 42.4. The van der Waals surface area contributed by atoms with Crippen molar-refractivity contribution in [2.45, 2.75) is 49.4 Å². The van der Waals surface area contributed by atoms with Crippen LogP contribution in [-0.4, -0.2) is 0 Å². The van der Waals surface area contributed by atoms with Gasteiger partial charge in [0.05, 0.1) is 10.8 Å². The van der Waals surface area contributed by atoms with Gasteiger partial charge in [0.1, 0.15) is 0 Å². The zero-order valence-electron chi connectivity index (χ0n) is 67.2. The Morgan fingerprint density at radius 1 is 0.223 bits per heavy atom. The van der Waals surface area contributed by atoms with E-state index in [4.69, 9.17) is 11.6 Å². The lowest BCUT2D eigenvalue weighted by Gasteiger charge is -2.32. The van der Waals surface area contributed by atoms with Crippen molar-refractivity contribution in [1.29, 1.82) is 0 Å². The summed E-state index contributed by atoms with van der Waals surface area (Å²) in [6.45, 7) is 9.39. The van der Waals surface area contributed by atoms with Crippen molar-refractivity contribution in [3.05, 3.63) is 472 Å². The number of nitrogens with zero attached hydrogens (tertiary/aromatic N) is 1. The fourth-order valence-corrected chi connectivity index (χ4v) is 24.7. The van der Waals surface area contributed by atoms with Gasteiger partial charge >= 0.3 is 0 Å². The van der Waals surface area contributed by atoms with Gasteiger partial charge in [-0.1, -0.05) is 355 Å². The monoisotopic (exact) mass is 1600 g/mol. The molecule has 6 aliphatic rings. The fourth-order valence-electron chi connectivity index (χ4n) is 22.3. The van der Waals surface area contributed by atoms with Crippen LogP contribution in [0.2, 0.25) is 5.02 Å². The van der Waals surface area contributed by atoms with E-state index in [2.05, 4.69) is 426 Å². The average molecular weight is 1600 g/mol. The molecular weight excluding hydrogens is 1520 g/mol. The summed E-state index contributed by atoms with van der Waals surface area (Å²) in [4.78, 5) is 2.48. The van der Waals surface area contributed by atoms with E-state index in [0.717, 1.165) is 33.5 Å². The fraction of sp³-hybridized carbons (Fsp3) is 0.0690. The lowest BCUT2D eigenvalue weighted by molar-refractivity contribution is 0.662. The standard InChI is InChI=1S/C58H39NS.C37H23NS.C21H17Cl/c1-57(2)49-21-8-3-17-44(49)48-20-13-19-40(56(48)57)36-26-28-37(29-27-36)59(39-31-33-47-46-18-7-12-25-54(46)60-55(47)35-39)38-30-32-45-43-16-6-11-24-52(43)58(53(45)34-38)50-22-9-4-14-41(50)42-15-5-10-23-51(42)58;1-5-13-31-25(9-1)26-10-2-6-14-32(26)37(31)33-15-7-3-11-27(33)28-19-17-23(21-34(28)37)38-24-18-20-30-29-12-4-8-16-35(29)39-36(30)22-24;1-21(2)19-9-4-3-6-17(19)18-8-5-7-16(20(18)21)14-10-12-15(22)13-11-14/h3-35H,1-2H3;1-22,38H;3-13H,1-2H3. The molecule has 6 aliphatic carbocycles. The van der Waals surface area contributed by atoms with Gasteiger partial charge in [0.25, 0.3) is 0 Å². The van der Waals surface area contributed by atoms with Crippen LogP contribution in [0.15, 0.2) is 400 Å². The molecule has 0 saturated carbocycles. The van der Waals surface area contributed by atoms with Crippen molar-refractivity contribution in [2.24, 2.45) is 0 Å². The zero-order valence-corrected chi connectivity index (χ0v) is 69.6. The van der Waals surface area contributed by atoms with Gasteiger partial charge in [-0.05, 0) is 241 Å². The SMILES string of the molecule is CC1(C)c2ccccc2-c2cccc(-c3ccc(Cl)cc3)c21.CC1(C)c2ccccc2-c2cccc(-c3ccc(N(c4ccc5c(c4)C4(c6ccccc6-c6ccccc64)c4ccccc4-5)c4ccc5c(c4)sc4ccccc45)cc3)c21.c1ccc2c(c1)-c1ccccc1C21c2ccccc2-c2ccc(Nc3ccc4c(c3)sc3ccccc34)cc21. The van der Waals surface area contributed by atoms with Gasteiger partial charge in [-0.15, -0.1) is 22.7 Å². The number of hydrogen-bond acceptors (Lipinski definition) is 4. The van der Waals surface area contributed by atoms with Crippen LogP contribution in [0, 0.1) is 0 Å². The van der Waals surface area contributed by atoms with E-state index in [1.54, 1.807) is 0 Å². The number of benzene rings is 18. The minimum Gasteiger partial charge on any atom is -0.355 e. The second kappa shape index (κ2) is 27.2. The van der Waals surface area contributed by atoms with E-state index in [1.807, 2.05) is 34.8 Å². The summed E-state index contributed by atoms with van der Waals surface area (Å²) >= 11 is 9.78. The van der Waals surface area contributed by atoms with Gasteiger partial charge in [0.2, 0.25) is 0 Å². The molecule has 0 atom stereocenters. The predicted molar refractivity (Wildman–Crippen MR) is 513 cm³/mol. The van der Waals surface area contributed by atoms with E-state index in [0.29, 0.717) is 0 Å². The molecule has 0 radical (unpaired) electrons. The summed E-state index contributed by atoms with van der Waals surface area (Å²) in [5.74, 6) is 0. The highest BCUT2D eigenvalue weighted by Crippen LogP contribution is 2.66. The Labute approximate surface area is 718 Å². The van der Waals surface area contributed by atoms with E-state index in [-0.39, 0.29) is 16.2 Å². The topological polar surface area (TPSA) is 15.3 Å². The van der Waals surface area contributed by atoms with Crippen LogP contribution in [0.5, 0.6) is 0 Å². The molecule has 0 bridgehead atoms. The molecule has 26 rings (SSSR count). The summed E-state index contributed by atoms with van der Waals surface area (Å²) in [6, 6.07) is 148. The van der Waals surface area contributed by atoms with Crippen LogP contribution in [0.25, 0.3) is 129 Å². The molecule has 0 saturated heterocycles. The van der Waals surface area contributed by atoms with Gasteiger partial charge < -0.3 is 10.2 Å². The van der Waals surface area contributed by atoms with E-state index in [9.17, 15) is 0 Å². The smallest absolute Gasteiger partial charge is 0.0726 e. The van der Waals surface area contributed by atoms with Crippen molar-refractivity contribution in [3.63, 3.8) is 0 Å². The normalized spacial score (nSPS) is 14.3. The molecular formula is C116H79ClN2S2. The van der Waals surface area contributed by atoms with Crippen LogP contribution in [-0.2, 0) is 21.7 Å². The van der Waals surface area contributed by atoms with Gasteiger partial charge in [-0.3, -0.25) is 0 Å². The number of fused-ring (bicyclic) bond motifs is 32. The number of anilines is 5. The van der Waals surface area contributed by atoms with Crippen LogP contribution >= 0.6 is 34.3 Å². The number of halogens is 1. The van der Waals surface area contributed by atoms with Crippen LogP contribution in [0.3, 0.4) is 0 Å². The predicted octanol–water partition coefficient (Wildman–Crippen LogP) is 32.3. The number of nitrogens with one attached hydrogen (secondary N) is 1. The first-order chi connectivity index (χ1) is 59.4. The molecule has 121 heavy (non-hydrogen) atoms. The van der Waals surface area contributed by atoms with Crippen LogP contribution in [0.4, 0.5) is 28.4 Å². The van der Waals surface area contributed by atoms with E-state index >= 15 is 0 Å². The summed E-state index contributed by atoms with van der Waals surface area (Å²) in [7, 11) is 0. The van der Waals surface area contributed by atoms with Crippen LogP contribution in [0.1, 0.15) is 94.5 Å². The molecule has 2 spiro atoms. The molecule has 0 unspecified atom stereocenters. The minimum atomic E-state index is -0.419. The molecule has 2 nitrogen and oxygen atoms in total. The second-order valence-corrected chi connectivity index (χ2v) is 36.8. The summed E-state index contributed by atoms with van der Waals surface area (Å²) in [6.07, 6.45) is 0. The first-order valence-electron chi connectivity index (χ1n) is 42.0. The molecule has 0 fully saturated rings. The Balaban J connectivity index is 0.000000116. The highest BCUT2D eigenvalue weighted by atomic mass is 35.5.